The lowest BCUT2D eigenvalue weighted by Gasteiger charge is -2.20. The smallest absolute Gasteiger partial charge is 0.0332 e. The Bertz CT molecular complexity index is 379. The predicted octanol–water partition coefficient (Wildman–Crippen LogP) is 3.64. The van der Waals surface area contributed by atoms with E-state index in [9.17, 15) is 0 Å². The van der Waals surface area contributed by atoms with Crippen LogP contribution in [0.4, 0.5) is 0 Å². The Morgan fingerprint density at radius 3 is 2.44 bits per heavy atom. The van der Waals surface area contributed by atoms with Crippen LogP contribution in [0.1, 0.15) is 56.3 Å². The molecule has 0 spiro atoms. The Morgan fingerprint density at radius 2 is 1.88 bits per heavy atom. The van der Waals surface area contributed by atoms with Crippen LogP contribution in [0.15, 0.2) is 18.2 Å². The summed E-state index contributed by atoms with van der Waals surface area (Å²) in [5, 5.41) is 0. The van der Waals surface area contributed by atoms with Gasteiger partial charge in [0.05, 0.1) is 0 Å². The second kappa shape index (κ2) is 4.21. The van der Waals surface area contributed by atoms with E-state index in [1.54, 1.807) is 0 Å². The Hall–Kier alpha value is -0.820. The summed E-state index contributed by atoms with van der Waals surface area (Å²) < 4.78 is 0. The van der Waals surface area contributed by atoms with Crippen LogP contribution in [0.2, 0.25) is 0 Å². The molecule has 1 aromatic carbocycles. The molecular formula is C15H23N. The molecule has 1 aromatic rings. The van der Waals surface area contributed by atoms with Gasteiger partial charge in [0.1, 0.15) is 0 Å². The largest absolute Gasteiger partial charge is 0.324 e. The third-order valence-electron chi connectivity index (χ3n) is 3.97. The van der Waals surface area contributed by atoms with Gasteiger partial charge in [-0.1, -0.05) is 45.9 Å². The molecule has 0 radical (unpaired) electrons. The molecule has 0 fully saturated rings. The van der Waals surface area contributed by atoms with Crippen LogP contribution < -0.4 is 5.73 Å². The molecule has 2 atom stereocenters. The van der Waals surface area contributed by atoms with Crippen LogP contribution in [0.3, 0.4) is 0 Å². The molecule has 0 heterocycles. The SMILES string of the molecule is CC(C)c1ccc2c(c1)C(N)C(C(C)C)C2. The Balaban J connectivity index is 2.34. The summed E-state index contributed by atoms with van der Waals surface area (Å²) in [6.07, 6.45) is 1.16. The van der Waals surface area contributed by atoms with Crippen molar-refractivity contribution in [1.29, 1.82) is 0 Å². The van der Waals surface area contributed by atoms with Gasteiger partial charge in [0.25, 0.3) is 0 Å². The van der Waals surface area contributed by atoms with Crippen molar-refractivity contribution < 1.29 is 0 Å². The van der Waals surface area contributed by atoms with Crippen LogP contribution in [-0.4, -0.2) is 0 Å². The van der Waals surface area contributed by atoms with Gasteiger partial charge in [-0.15, -0.1) is 0 Å². The van der Waals surface area contributed by atoms with E-state index in [0.29, 0.717) is 17.8 Å². The van der Waals surface area contributed by atoms with Gasteiger partial charge >= 0.3 is 0 Å². The maximum Gasteiger partial charge on any atom is 0.0332 e. The summed E-state index contributed by atoms with van der Waals surface area (Å²) >= 11 is 0. The summed E-state index contributed by atoms with van der Waals surface area (Å²) in [7, 11) is 0. The van der Waals surface area contributed by atoms with Crippen molar-refractivity contribution in [2.24, 2.45) is 17.6 Å². The average molecular weight is 217 g/mol. The fourth-order valence-corrected chi connectivity index (χ4v) is 2.73. The highest BCUT2D eigenvalue weighted by Crippen LogP contribution is 2.39. The van der Waals surface area contributed by atoms with E-state index in [4.69, 9.17) is 5.73 Å². The molecule has 1 heteroatoms. The van der Waals surface area contributed by atoms with Crippen LogP contribution in [0.5, 0.6) is 0 Å². The first kappa shape index (κ1) is 11.7. The van der Waals surface area contributed by atoms with Gasteiger partial charge < -0.3 is 5.73 Å². The lowest BCUT2D eigenvalue weighted by Crippen LogP contribution is -2.21. The monoisotopic (exact) mass is 217 g/mol. The molecule has 1 nitrogen and oxygen atoms in total. The molecule has 2 N–H and O–H groups in total. The summed E-state index contributed by atoms with van der Waals surface area (Å²) in [6.45, 7) is 9.03. The minimum absolute atomic E-state index is 0.244. The summed E-state index contributed by atoms with van der Waals surface area (Å²) in [5.41, 5.74) is 10.6. The quantitative estimate of drug-likeness (QED) is 0.804. The molecule has 16 heavy (non-hydrogen) atoms. The minimum atomic E-state index is 0.244. The fourth-order valence-electron chi connectivity index (χ4n) is 2.73. The molecule has 1 aliphatic rings. The first-order chi connectivity index (χ1) is 7.50. The second-order valence-corrected chi connectivity index (χ2v) is 5.75. The first-order valence-corrected chi connectivity index (χ1v) is 6.39. The number of fused-ring (bicyclic) bond motifs is 1. The Labute approximate surface area is 99.0 Å². The van der Waals surface area contributed by atoms with Gasteiger partial charge in [-0.25, -0.2) is 0 Å². The first-order valence-electron chi connectivity index (χ1n) is 6.39. The van der Waals surface area contributed by atoms with Crippen molar-refractivity contribution in [3.8, 4) is 0 Å². The van der Waals surface area contributed by atoms with Gasteiger partial charge in [-0.05, 0) is 40.9 Å². The van der Waals surface area contributed by atoms with E-state index in [0.717, 1.165) is 6.42 Å². The molecule has 2 unspecified atom stereocenters. The summed E-state index contributed by atoms with van der Waals surface area (Å²) in [4.78, 5) is 0. The zero-order valence-corrected chi connectivity index (χ0v) is 10.8. The molecule has 0 aliphatic heterocycles. The third kappa shape index (κ3) is 1.89. The van der Waals surface area contributed by atoms with Crippen LogP contribution >= 0.6 is 0 Å². The van der Waals surface area contributed by atoms with E-state index in [1.807, 2.05) is 0 Å². The molecule has 0 amide bonds. The summed E-state index contributed by atoms with van der Waals surface area (Å²) in [6, 6.07) is 7.12. The van der Waals surface area contributed by atoms with E-state index >= 15 is 0 Å². The van der Waals surface area contributed by atoms with E-state index in [2.05, 4.69) is 45.9 Å². The van der Waals surface area contributed by atoms with Crippen LogP contribution in [-0.2, 0) is 6.42 Å². The highest BCUT2D eigenvalue weighted by atomic mass is 14.7. The fraction of sp³-hybridized carbons (Fsp3) is 0.600. The molecule has 0 saturated carbocycles. The molecular weight excluding hydrogens is 194 g/mol. The zero-order valence-electron chi connectivity index (χ0n) is 10.8. The van der Waals surface area contributed by atoms with Gasteiger partial charge in [-0.2, -0.15) is 0 Å². The number of rotatable bonds is 2. The summed E-state index contributed by atoms with van der Waals surface area (Å²) in [5.74, 6) is 1.89. The van der Waals surface area contributed by atoms with Crippen LogP contribution in [0.25, 0.3) is 0 Å². The van der Waals surface area contributed by atoms with Gasteiger partial charge in [0, 0.05) is 6.04 Å². The molecule has 0 bridgehead atoms. The number of nitrogens with two attached hydrogens (primary N) is 1. The number of hydrogen-bond acceptors (Lipinski definition) is 1. The van der Waals surface area contributed by atoms with E-state index in [-0.39, 0.29) is 6.04 Å². The third-order valence-corrected chi connectivity index (χ3v) is 3.97. The van der Waals surface area contributed by atoms with Crippen molar-refractivity contribution in [2.45, 2.75) is 46.1 Å². The number of benzene rings is 1. The zero-order chi connectivity index (χ0) is 11.9. The van der Waals surface area contributed by atoms with Gasteiger partial charge in [-0.3, -0.25) is 0 Å². The molecule has 2 rings (SSSR count). The van der Waals surface area contributed by atoms with Crippen molar-refractivity contribution in [1.82, 2.24) is 0 Å². The van der Waals surface area contributed by atoms with E-state index < -0.39 is 0 Å². The standard InChI is InChI=1S/C15H23N/c1-9(2)11-5-6-12-8-13(10(3)4)15(16)14(12)7-11/h5-7,9-10,13,15H,8,16H2,1-4H3. The molecule has 0 aromatic heterocycles. The van der Waals surface area contributed by atoms with Crippen LogP contribution in [0, 0.1) is 11.8 Å². The maximum atomic E-state index is 6.36. The van der Waals surface area contributed by atoms with Crippen molar-refractivity contribution in [3.05, 3.63) is 34.9 Å². The topological polar surface area (TPSA) is 26.0 Å². The lowest BCUT2D eigenvalue weighted by atomic mass is 9.89. The molecule has 88 valence electrons. The van der Waals surface area contributed by atoms with Gasteiger partial charge in [0.15, 0.2) is 0 Å². The predicted molar refractivity (Wildman–Crippen MR) is 69.5 cm³/mol. The lowest BCUT2D eigenvalue weighted by molar-refractivity contribution is 0.346. The van der Waals surface area contributed by atoms with E-state index in [1.165, 1.54) is 16.7 Å². The normalized spacial score (nSPS) is 24.2. The second-order valence-electron chi connectivity index (χ2n) is 5.75. The molecule has 0 saturated heterocycles. The van der Waals surface area contributed by atoms with Crippen molar-refractivity contribution in [2.75, 3.05) is 0 Å². The highest BCUT2D eigenvalue weighted by molar-refractivity contribution is 5.40. The minimum Gasteiger partial charge on any atom is -0.324 e. The van der Waals surface area contributed by atoms with Crippen molar-refractivity contribution in [3.63, 3.8) is 0 Å². The Kier molecular flexibility index (Phi) is 3.07. The van der Waals surface area contributed by atoms with Crippen molar-refractivity contribution >= 4 is 0 Å². The number of hydrogen-bond donors (Lipinski definition) is 1. The molecule has 1 aliphatic carbocycles. The average Bonchev–Trinajstić information content (AvgIpc) is 2.56. The van der Waals surface area contributed by atoms with Gasteiger partial charge in [0.2, 0.25) is 0 Å². The maximum absolute atomic E-state index is 6.36. The highest BCUT2D eigenvalue weighted by Gasteiger charge is 2.31. The Morgan fingerprint density at radius 1 is 1.19 bits per heavy atom.